The summed E-state index contributed by atoms with van der Waals surface area (Å²) in [6.45, 7) is 6.26. The highest BCUT2D eigenvalue weighted by Crippen LogP contribution is 2.40. The van der Waals surface area contributed by atoms with Crippen molar-refractivity contribution in [3.05, 3.63) is 57.9 Å². The van der Waals surface area contributed by atoms with Crippen molar-refractivity contribution in [3.8, 4) is 0 Å². The average Bonchev–Trinajstić information content (AvgIpc) is 2.86. The SMILES string of the molecule is CNC(=O)c1cc2cc(Cl)cnc2c(N2CCCc3cc(C4CCN(C(C)=O)CC4)c(C)cc32)n1. The first-order valence-electron chi connectivity index (χ1n) is 12.2. The van der Waals surface area contributed by atoms with Crippen LogP contribution in [0.25, 0.3) is 10.9 Å². The van der Waals surface area contributed by atoms with Gasteiger partial charge in [0.2, 0.25) is 5.91 Å². The molecule has 182 valence electrons. The van der Waals surface area contributed by atoms with E-state index < -0.39 is 0 Å². The van der Waals surface area contributed by atoms with Gasteiger partial charge >= 0.3 is 0 Å². The fourth-order valence-electron chi connectivity index (χ4n) is 5.45. The number of hydrogen-bond acceptors (Lipinski definition) is 5. The van der Waals surface area contributed by atoms with Crippen LogP contribution < -0.4 is 10.2 Å². The van der Waals surface area contributed by atoms with Crippen molar-refractivity contribution in [2.24, 2.45) is 0 Å². The molecule has 4 heterocycles. The Morgan fingerprint density at radius 2 is 1.89 bits per heavy atom. The summed E-state index contributed by atoms with van der Waals surface area (Å²) >= 11 is 6.22. The van der Waals surface area contributed by atoms with E-state index in [9.17, 15) is 9.59 Å². The number of nitrogens with zero attached hydrogens (tertiary/aromatic N) is 4. The molecule has 0 aliphatic carbocycles. The van der Waals surface area contributed by atoms with Gasteiger partial charge in [-0.25, -0.2) is 4.98 Å². The number of benzene rings is 1. The van der Waals surface area contributed by atoms with Gasteiger partial charge in [-0.1, -0.05) is 17.7 Å². The number of aryl methyl sites for hydroxylation is 2. The van der Waals surface area contributed by atoms with Crippen LogP contribution in [0.4, 0.5) is 11.5 Å². The number of aromatic nitrogens is 2. The Bertz CT molecular complexity index is 1320. The van der Waals surface area contributed by atoms with E-state index in [2.05, 4.69) is 34.3 Å². The first kappa shape index (κ1) is 23.5. The number of likely N-dealkylation sites (tertiary alicyclic amines) is 1. The van der Waals surface area contributed by atoms with Gasteiger partial charge in [-0.2, -0.15) is 0 Å². The molecule has 0 unspecified atom stereocenters. The van der Waals surface area contributed by atoms with Crippen LogP contribution in [0.1, 0.15) is 59.3 Å². The van der Waals surface area contributed by atoms with Crippen molar-refractivity contribution in [2.45, 2.75) is 45.4 Å². The molecule has 5 rings (SSSR count). The number of hydrogen-bond donors (Lipinski definition) is 1. The third kappa shape index (κ3) is 4.45. The van der Waals surface area contributed by atoms with Gasteiger partial charge in [-0.05, 0) is 73.4 Å². The van der Waals surface area contributed by atoms with Crippen molar-refractivity contribution in [2.75, 3.05) is 31.6 Å². The number of piperidine rings is 1. The second kappa shape index (κ2) is 9.46. The molecule has 0 atom stereocenters. The van der Waals surface area contributed by atoms with E-state index in [1.165, 1.54) is 16.7 Å². The van der Waals surface area contributed by atoms with E-state index in [1.54, 1.807) is 26.2 Å². The Morgan fingerprint density at radius 3 is 2.60 bits per heavy atom. The molecule has 2 aliphatic heterocycles. The number of carbonyl (C=O) groups is 2. The van der Waals surface area contributed by atoms with Crippen LogP contribution >= 0.6 is 11.6 Å². The Labute approximate surface area is 210 Å². The quantitative estimate of drug-likeness (QED) is 0.571. The predicted molar refractivity (Wildman–Crippen MR) is 139 cm³/mol. The summed E-state index contributed by atoms with van der Waals surface area (Å²) in [7, 11) is 1.60. The standard InChI is InChI=1S/C27H30ClN5O2/c1-16-11-24-19(13-22(16)18-6-9-32(10-7-18)17(2)34)5-4-8-33(24)26-25-20(12-21(28)15-30-25)14-23(31-26)27(35)29-3/h11-15,18H,4-10H2,1-3H3,(H,29,35). The molecule has 1 aromatic carbocycles. The van der Waals surface area contributed by atoms with E-state index >= 15 is 0 Å². The molecule has 2 aromatic heterocycles. The summed E-state index contributed by atoms with van der Waals surface area (Å²) in [5, 5.41) is 3.99. The summed E-state index contributed by atoms with van der Waals surface area (Å²) in [6, 6.07) is 8.19. The van der Waals surface area contributed by atoms with Gasteiger partial charge in [-0.15, -0.1) is 0 Å². The molecule has 35 heavy (non-hydrogen) atoms. The van der Waals surface area contributed by atoms with Crippen LogP contribution in [0.15, 0.2) is 30.5 Å². The molecule has 7 nitrogen and oxygen atoms in total. The number of amides is 2. The fourth-order valence-corrected chi connectivity index (χ4v) is 5.62. The molecule has 2 aliphatic rings. The van der Waals surface area contributed by atoms with Crippen LogP contribution in [-0.2, 0) is 11.2 Å². The average molecular weight is 492 g/mol. The number of anilines is 2. The molecule has 0 spiro atoms. The lowest BCUT2D eigenvalue weighted by molar-refractivity contribution is -0.129. The van der Waals surface area contributed by atoms with Crippen LogP contribution in [0.2, 0.25) is 5.02 Å². The lowest BCUT2D eigenvalue weighted by atomic mass is 9.84. The van der Waals surface area contributed by atoms with Gasteiger partial charge in [0, 0.05) is 50.9 Å². The Morgan fingerprint density at radius 1 is 1.11 bits per heavy atom. The van der Waals surface area contributed by atoms with Crippen LogP contribution in [0, 0.1) is 6.92 Å². The first-order valence-corrected chi connectivity index (χ1v) is 12.6. The van der Waals surface area contributed by atoms with Crippen molar-refractivity contribution < 1.29 is 9.59 Å². The smallest absolute Gasteiger partial charge is 0.269 e. The molecule has 2 amide bonds. The van der Waals surface area contributed by atoms with Gasteiger partial charge in [0.25, 0.3) is 5.91 Å². The van der Waals surface area contributed by atoms with E-state index in [-0.39, 0.29) is 11.8 Å². The number of fused-ring (bicyclic) bond motifs is 2. The second-order valence-corrected chi connectivity index (χ2v) is 9.94. The molecule has 0 saturated carbocycles. The molecule has 1 N–H and O–H groups in total. The van der Waals surface area contributed by atoms with E-state index in [0.29, 0.717) is 22.5 Å². The van der Waals surface area contributed by atoms with Crippen molar-refractivity contribution in [3.63, 3.8) is 0 Å². The molecular weight excluding hydrogens is 462 g/mol. The lowest BCUT2D eigenvalue weighted by Gasteiger charge is -2.35. The van der Waals surface area contributed by atoms with E-state index in [4.69, 9.17) is 16.6 Å². The Hall–Kier alpha value is -3.19. The summed E-state index contributed by atoms with van der Waals surface area (Å²) in [6.07, 6.45) is 5.60. The summed E-state index contributed by atoms with van der Waals surface area (Å²) in [5.74, 6) is 1.06. The van der Waals surface area contributed by atoms with Crippen LogP contribution in [0.3, 0.4) is 0 Å². The number of halogens is 1. The maximum Gasteiger partial charge on any atom is 0.269 e. The Kier molecular flexibility index (Phi) is 6.36. The maximum atomic E-state index is 12.5. The highest BCUT2D eigenvalue weighted by Gasteiger charge is 2.28. The molecule has 1 saturated heterocycles. The third-order valence-corrected chi connectivity index (χ3v) is 7.50. The molecule has 8 heteroatoms. The highest BCUT2D eigenvalue weighted by molar-refractivity contribution is 6.31. The lowest BCUT2D eigenvalue weighted by Crippen LogP contribution is -2.36. The molecule has 1 fully saturated rings. The number of pyridine rings is 2. The minimum absolute atomic E-state index is 0.162. The van der Waals surface area contributed by atoms with Crippen molar-refractivity contribution >= 4 is 45.8 Å². The summed E-state index contributed by atoms with van der Waals surface area (Å²) in [4.78, 5) is 37.7. The van der Waals surface area contributed by atoms with Gasteiger partial charge in [-0.3, -0.25) is 14.6 Å². The zero-order valence-electron chi connectivity index (χ0n) is 20.4. The monoisotopic (exact) mass is 491 g/mol. The normalized spacial score (nSPS) is 16.3. The topological polar surface area (TPSA) is 78.4 Å². The summed E-state index contributed by atoms with van der Waals surface area (Å²) < 4.78 is 0. The minimum atomic E-state index is -0.242. The van der Waals surface area contributed by atoms with Crippen LogP contribution in [0.5, 0.6) is 0 Å². The highest BCUT2D eigenvalue weighted by atomic mass is 35.5. The number of carbonyl (C=O) groups excluding carboxylic acids is 2. The van der Waals surface area contributed by atoms with Gasteiger partial charge in [0.15, 0.2) is 5.82 Å². The zero-order chi connectivity index (χ0) is 24.7. The van der Waals surface area contributed by atoms with E-state index in [1.807, 2.05) is 11.0 Å². The Balaban J connectivity index is 1.56. The molecular formula is C27H30ClN5O2. The first-order chi connectivity index (χ1) is 16.9. The fraction of sp³-hybridized carbons (Fsp3) is 0.407. The third-order valence-electron chi connectivity index (χ3n) is 7.30. The van der Waals surface area contributed by atoms with Gasteiger partial charge in [0.1, 0.15) is 11.2 Å². The van der Waals surface area contributed by atoms with Gasteiger partial charge < -0.3 is 15.1 Å². The molecule has 0 radical (unpaired) electrons. The van der Waals surface area contributed by atoms with Crippen molar-refractivity contribution in [1.82, 2.24) is 20.2 Å². The molecule has 3 aromatic rings. The van der Waals surface area contributed by atoms with Crippen molar-refractivity contribution in [1.29, 1.82) is 0 Å². The van der Waals surface area contributed by atoms with Gasteiger partial charge in [0.05, 0.1) is 5.02 Å². The number of nitrogens with one attached hydrogen (secondary N) is 1. The second-order valence-electron chi connectivity index (χ2n) is 9.51. The maximum absolute atomic E-state index is 12.5. The minimum Gasteiger partial charge on any atom is -0.354 e. The largest absolute Gasteiger partial charge is 0.354 e. The zero-order valence-corrected chi connectivity index (χ0v) is 21.2. The molecule has 0 bridgehead atoms. The summed E-state index contributed by atoms with van der Waals surface area (Å²) in [5.41, 5.74) is 6.12. The van der Waals surface area contributed by atoms with E-state index in [0.717, 1.165) is 61.9 Å². The number of rotatable bonds is 3. The van der Waals surface area contributed by atoms with Crippen LogP contribution in [-0.4, -0.2) is 53.4 Å². The predicted octanol–water partition coefficient (Wildman–Crippen LogP) is 4.76.